The highest BCUT2D eigenvalue weighted by Gasteiger charge is 2.16. The fourth-order valence-corrected chi connectivity index (χ4v) is 1.41. The molecule has 2 aromatic rings. The molecule has 0 amide bonds. The Kier molecular flexibility index (Phi) is 3.91. The summed E-state index contributed by atoms with van der Waals surface area (Å²) in [5.74, 6) is -0.405. The van der Waals surface area contributed by atoms with Crippen LogP contribution < -0.4 is 0 Å². The summed E-state index contributed by atoms with van der Waals surface area (Å²) in [6.45, 7) is 3.57. The largest absolute Gasteiger partial charge is 0.476 e. The lowest BCUT2D eigenvalue weighted by molar-refractivity contribution is 0.0689. The molecule has 1 N–H and O–H groups in total. The molecule has 0 saturated carbocycles. The molecular formula is C12H12ClNO3. The Hall–Kier alpha value is -1.81. The zero-order valence-electron chi connectivity index (χ0n) is 9.43. The van der Waals surface area contributed by atoms with Crippen LogP contribution in [0.15, 0.2) is 28.7 Å². The molecule has 0 bridgehead atoms. The van der Waals surface area contributed by atoms with E-state index in [2.05, 4.69) is 4.98 Å². The van der Waals surface area contributed by atoms with E-state index in [0.29, 0.717) is 11.7 Å². The molecule has 0 unspecified atom stereocenters. The second-order valence-corrected chi connectivity index (χ2v) is 3.59. The van der Waals surface area contributed by atoms with Crippen LogP contribution in [-0.2, 0) is 0 Å². The van der Waals surface area contributed by atoms with E-state index in [1.165, 1.54) is 0 Å². The summed E-state index contributed by atoms with van der Waals surface area (Å²) in [4.78, 5) is 14.7. The van der Waals surface area contributed by atoms with Gasteiger partial charge in [-0.2, -0.15) is 0 Å². The normalized spacial score (nSPS) is 9.76. The molecule has 1 aromatic heterocycles. The van der Waals surface area contributed by atoms with Gasteiger partial charge in [-0.25, -0.2) is 9.78 Å². The molecular weight excluding hydrogens is 242 g/mol. The predicted molar refractivity (Wildman–Crippen MR) is 65.6 cm³/mol. The molecule has 4 nitrogen and oxygen atoms in total. The predicted octanol–water partition coefficient (Wildman–Crippen LogP) is 3.08. The standard InChI is InChI=1S/C12H11NO3.ClH/c1-7-3-5-9(6-4-7)11-13-10(12(14)15)8(2)16-11;/h3-6H,1-2H3,(H,14,15);1H. The van der Waals surface area contributed by atoms with E-state index < -0.39 is 5.97 Å². The molecule has 1 aromatic carbocycles. The topological polar surface area (TPSA) is 63.3 Å². The number of aromatic nitrogens is 1. The maximum Gasteiger partial charge on any atom is 0.358 e. The van der Waals surface area contributed by atoms with Crippen LogP contribution in [0.2, 0.25) is 0 Å². The molecule has 90 valence electrons. The van der Waals surface area contributed by atoms with E-state index in [1.54, 1.807) is 6.92 Å². The first-order valence-electron chi connectivity index (χ1n) is 4.85. The van der Waals surface area contributed by atoms with Gasteiger partial charge in [-0.1, -0.05) is 17.7 Å². The number of hydrogen-bond donors (Lipinski definition) is 1. The first kappa shape index (κ1) is 13.3. The molecule has 0 aliphatic carbocycles. The number of benzene rings is 1. The summed E-state index contributed by atoms with van der Waals surface area (Å²) in [6, 6.07) is 7.56. The number of oxazole rings is 1. The maximum atomic E-state index is 10.8. The third-order valence-electron chi connectivity index (χ3n) is 2.30. The second-order valence-electron chi connectivity index (χ2n) is 3.59. The van der Waals surface area contributed by atoms with E-state index in [0.717, 1.165) is 11.1 Å². The third-order valence-corrected chi connectivity index (χ3v) is 2.30. The van der Waals surface area contributed by atoms with Crippen molar-refractivity contribution in [1.29, 1.82) is 0 Å². The molecule has 0 saturated heterocycles. The van der Waals surface area contributed by atoms with Gasteiger partial charge in [-0.15, -0.1) is 12.4 Å². The third kappa shape index (κ3) is 2.65. The SMILES string of the molecule is Cc1ccc(-c2nc(C(=O)O)c(C)o2)cc1.Cl. The number of carboxylic acid groups (broad SMARTS) is 1. The number of hydrogen-bond acceptors (Lipinski definition) is 3. The van der Waals surface area contributed by atoms with Gasteiger partial charge in [0.2, 0.25) is 5.89 Å². The van der Waals surface area contributed by atoms with Crippen molar-refractivity contribution >= 4 is 18.4 Å². The highest BCUT2D eigenvalue weighted by Crippen LogP contribution is 2.21. The number of nitrogens with zero attached hydrogens (tertiary/aromatic N) is 1. The lowest BCUT2D eigenvalue weighted by Gasteiger charge is -1.95. The summed E-state index contributed by atoms with van der Waals surface area (Å²) in [5, 5.41) is 8.85. The van der Waals surface area contributed by atoms with Gasteiger partial charge in [0.05, 0.1) is 0 Å². The summed E-state index contributed by atoms with van der Waals surface area (Å²) in [6.07, 6.45) is 0. The Labute approximate surface area is 105 Å². The summed E-state index contributed by atoms with van der Waals surface area (Å²) in [5.41, 5.74) is 1.88. The molecule has 5 heteroatoms. The van der Waals surface area contributed by atoms with Gasteiger partial charge in [0.1, 0.15) is 5.76 Å². The molecule has 17 heavy (non-hydrogen) atoms. The van der Waals surface area contributed by atoms with Crippen LogP contribution in [0.5, 0.6) is 0 Å². The Morgan fingerprint density at radius 3 is 2.29 bits per heavy atom. The molecule has 0 aliphatic heterocycles. The van der Waals surface area contributed by atoms with Crippen LogP contribution in [0.3, 0.4) is 0 Å². The average molecular weight is 254 g/mol. The quantitative estimate of drug-likeness (QED) is 0.893. The first-order valence-corrected chi connectivity index (χ1v) is 4.85. The zero-order valence-corrected chi connectivity index (χ0v) is 10.2. The number of aromatic carboxylic acids is 1. The average Bonchev–Trinajstić information content (AvgIpc) is 2.61. The molecule has 0 fully saturated rings. The number of carboxylic acids is 1. The van der Waals surface area contributed by atoms with Crippen molar-refractivity contribution in [1.82, 2.24) is 4.98 Å². The van der Waals surface area contributed by atoms with Crippen molar-refractivity contribution in [2.45, 2.75) is 13.8 Å². The monoisotopic (exact) mass is 253 g/mol. The van der Waals surface area contributed by atoms with Crippen LogP contribution in [-0.4, -0.2) is 16.1 Å². The van der Waals surface area contributed by atoms with Crippen molar-refractivity contribution < 1.29 is 14.3 Å². The molecule has 0 spiro atoms. The van der Waals surface area contributed by atoms with E-state index >= 15 is 0 Å². The fourth-order valence-electron chi connectivity index (χ4n) is 1.41. The van der Waals surface area contributed by atoms with E-state index in [1.807, 2.05) is 31.2 Å². The highest BCUT2D eigenvalue weighted by atomic mass is 35.5. The van der Waals surface area contributed by atoms with Crippen LogP contribution >= 0.6 is 12.4 Å². The van der Waals surface area contributed by atoms with Gasteiger partial charge in [-0.05, 0) is 26.0 Å². The molecule has 1 heterocycles. The lowest BCUT2D eigenvalue weighted by atomic mass is 10.1. The van der Waals surface area contributed by atoms with E-state index in [4.69, 9.17) is 9.52 Å². The van der Waals surface area contributed by atoms with Crippen LogP contribution in [0.4, 0.5) is 0 Å². The minimum Gasteiger partial charge on any atom is -0.476 e. The second kappa shape index (κ2) is 5.01. The molecule has 2 rings (SSSR count). The van der Waals surface area contributed by atoms with E-state index in [9.17, 15) is 4.79 Å². The zero-order chi connectivity index (χ0) is 11.7. The minimum absolute atomic E-state index is 0. The van der Waals surface area contributed by atoms with Crippen molar-refractivity contribution in [2.24, 2.45) is 0 Å². The van der Waals surface area contributed by atoms with Crippen LogP contribution in [0.1, 0.15) is 21.8 Å². The maximum absolute atomic E-state index is 10.8. The number of carbonyl (C=O) groups is 1. The Morgan fingerprint density at radius 1 is 1.24 bits per heavy atom. The van der Waals surface area contributed by atoms with Gasteiger partial charge in [0.15, 0.2) is 5.69 Å². The highest BCUT2D eigenvalue weighted by molar-refractivity contribution is 5.87. The summed E-state index contributed by atoms with van der Waals surface area (Å²) < 4.78 is 5.31. The van der Waals surface area contributed by atoms with Crippen molar-refractivity contribution in [2.75, 3.05) is 0 Å². The van der Waals surface area contributed by atoms with Gasteiger partial charge >= 0.3 is 5.97 Å². The smallest absolute Gasteiger partial charge is 0.358 e. The molecule has 0 aliphatic rings. The lowest BCUT2D eigenvalue weighted by Crippen LogP contribution is -1.98. The fraction of sp³-hybridized carbons (Fsp3) is 0.167. The Morgan fingerprint density at radius 2 is 1.82 bits per heavy atom. The van der Waals surface area contributed by atoms with Crippen molar-refractivity contribution in [3.63, 3.8) is 0 Å². The molecule has 0 atom stereocenters. The Balaban J connectivity index is 0.00000144. The van der Waals surface area contributed by atoms with Gasteiger partial charge in [-0.3, -0.25) is 0 Å². The number of halogens is 1. The summed E-state index contributed by atoms with van der Waals surface area (Å²) in [7, 11) is 0. The van der Waals surface area contributed by atoms with Gasteiger partial charge < -0.3 is 9.52 Å². The summed E-state index contributed by atoms with van der Waals surface area (Å²) >= 11 is 0. The van der Waals surface area contributed by atoms with Crippen LogP contribution in [0, 0.1) is 13.8 Å². The number of rotatable bonds is 2. The van der Waals surface area contributed by atoms with Crippen LogP contribution in [0.25, 0.3) is 11.5 Å². The number of aryl methyl sites for hydroxylation is 2. The van der Waals surface area contributed by atoms with Crippen molar-refractivity contribution in [3.8, 4) is 11.5 Å². The Bertz CT molecular complexity index is 531. The van der Waals surface area contributed by atoms with Gasteiger partial charge in [0, 0.05) is 5.56 Å². The minimum atomic E-state index is -1.07. The molecule has 0 radical (unpaired) electrons. The van der Waals surface area contributed by atoms with Crippen molar-refractivity contribution in [3.05, 3.63) is 41.3 Å². The first-order chi connectivity index (χ1) is 7.58. The van der Waals surface area contributed by atoms with E-state index in [-0.39, 0.29) is 18.1 Å². The van der Waals surface area contributed by atoms with Gasteiger partial charge in [0.25, 0.3) is 0 Å².